The van der Waals surface area contributed by atoms with Crippen LogP contribution in [0.4, 0.5) is 9.59 Å². The van der Waals surface area contributed by atoms with Crippen molar-refractivity contribution in [3.63, 3.8) is 0 Å². The highest BCUT2D eigenvalue weighted by atomic mass is 32.3. The number of carbonyl (C=O) groups excluding carboxylic acids is 2. The summed E-state index contributed by atoms with van der Waals surface area (Å²) in [6, 6.07) is -2.52. The first kappa shape index (κ1) is 14.9. The predicted octanol–water partition coefficient (Wildman–Crippen LogP) is -3.39. The van der Waals surface area contributed by atoms with Crippen molar-refractivity contribution in [2.24, 2.45) is 11.5 Å². The number of primary amides is 2. The van der Waals surface area contributed by atoms with Crippen molar-refractivity contribution >= 4 is 22.5 Å². The number of carbonyl (C=O) groups is 2. The molecule has 4 amide bonds. The third-order valence-corrected chi connectivity index (χ3v) is 1.06. The van der Waals surface area contributed by atoms with Gasteiger partial charge in [-0.2, -0.15) is 19.4 Å². The van der Waals surface area contributed by atoms with Gasteiger partial charge in [-0.3, -0.25) is 0 Å². The van der Waals surface area contributed by atoms with E-state index >= 15 is 0 Å². The molecule has 12 heteroatoms. The van der Waals surface area contributed by atoms with E-state index in [1.807, 2.05) is 0 Å². The summed E-state index contributed by atoms with van der Waals surface area (Å²) in [6.45, 7) is 0. The molecule has 14 heavy (non-hydrogen) atoms. The molecule has 0 aromatic heterocycles. The first-order valence-electron chi connectivity index (χ1n) is 2.56. The fourth-order valence-corrected chi connectivity index (χ4v) is 0.604. The number of hydroxylamine groups is 2. The summed E-state index contributed by atoms with van der Waals surface area (Å²) in [5.41, 5.74) is 11.4. The summed E-state index contributed by atoms with van der Waals surface area (Å²) in [4.78, 5) is 19.9. The molecule has 0 fully saturated rings. The zero-order chi connectivity index (χ0) is 10.5. The van der Waals surface area contributed by atoms with E-state index in [0.29, 0.717) is 0 Å². The summed E-state index contributed by atoms with van der Waals surface area (Å²) in [6.07, 6.45) is 0. The van der Waals surface area contributed by atoms with Crippen LogP contribution in [0.1, 0.15) is 0 Å². The Morgan fingerprint density at radius 1 is 1.00 bits per heavy atom. The first-order valence-corrected chi connectivity index (χ1v) is 3.89. The Labute approximate surface area is 77.9 Å². The number of hydrogen-bond acceptors (Lipinski definition) is 6. The van der Waals surface area contributed by atoms with E-state index in [4.69, 9.17) is 0 Å². The van der Waals surface area contributed by atoms with Gasteiger partial charge in [-0.1, -0.05) is 0 Å². The summed E-state index contributed by atoms with van der Waals surface area (Å²) in [5.74, 6) is 0. The predicted molar refractivity (Wildman–Crippen MR) is 40.1 cm³/mol. The molecule has 0 aliphatic carbocycles. The molecule has 0 bridgehead atoms. The quantitative estimate of drug-likeness (QED) is 0.364. The van der Waals surface area contributed by atoms with Crippen LogP contribution in [-0.4, -0.2) is 26.0 Å². The molecule has 0 aliphatic rings. The van der Waals surface area contributed by atoms with E-state index in [0.717, 1.165) is 0 Å². The van der Waals surface area contributed by atoms with E-state index in [2.05, 4.69) is 20.0 Å². The highest BCUT2D eigenvalue weighted by Gasteiger charge is 2.14. The number of urea groups is 2. The van der Waals surface area contributed by atoms with Crippen molar-refractivity contribution < 1.29 is 32.1 Å². The number of amides is 4. The highest BCUT2D eigenvalue weighted by Crippen LogP contribution is 1.88. The Morgan fingerprint density at radius 2 is 1.29 bits per heavy atom. The molecule has 11 nitrogen and oxygen atoms in total. The molecular formula is C2H8N4O7S. The summed E-state index contributed by atoms with van der Waals surface area (Å²) >= 11 is 0. The van der Waals surface area contributed by atoms with E-state index in [-0.39, 0.29) is 5.48 Å². The Morgan fingerprint density at radius 3 is 1.50 bits per heavy atom. The van der Waals surface area contributed by atoms with Crippen LogP contribution < -0.4 is 22.4 Å². The van der Waals surface area contributed by atoms with Crippen LogP contribution in [0.2, 0.25) is 0 Å². The van der Waals surface area contributed by atoms with Crippen LogP contribution in [0, 0.1) is 0 Å². The second-order valence-corrected chi connectivity index (χ2v) is 2.66. The molecule has 0 radical (unpaired) electrons. The van der Waals surface area contributed by atoms with Crippen molar-refractivity contribution in [3.8, 4) is 0 Å². The summed E-state index contributed by atoms with van der Waals surface area (Å²) in [7, 11) is -4.60. The van der Waals surface area contributed by atoms with Gasteiger partial charge in [0.25, 0.3) is 0 Å². The lowest BCUT2D eigenvalue weighted by Crippen LogP contribution is -2.37. The zero-order valence-electron chi connectivity index (χ0n) is 6.51. The van der Waals surface area contributed by atoms with Crippen molar-refractivity contribution in [1.82, 2.24) is 11.0 Å². The number of nitrogens with two attached hydrogens (primary N) is 2. The van der Waals surface area contributed by atoms with Crippen molar-refractivity contribution in [1.29, 1.82) is 0 Å². The Bertz CT molecular complexity index is 273. The molecule has 8 N–H and O–H groups in total. The Balaban J connectivity index is 0. The van der Waals surface area contributed by atoms with Crippen LogP contribution in [0.25, 0.3) is 0 Å². The molecule has 0 aliphatic heterocycles. The van der Waals surface area contributed by atoms with Gasteiger partial charge < -0.3 is 16.9 Å². The monoisotopic (exact) mass is 232 g/mol. The van der Waals surface area contributed by atoms with Gasteiger partial charge in [0, 0.05) is 0 Å². The third-order valence-electron chi connectivity index (χ3n) is 0.489. The normalized spacial score (nSPS) is 9.71. The SMILES string of the molecule is NC(=O)NOS(=O)(=O)ONC(N)=O.O. The lowest BCUT2D eigenvalue weighted by Gasteiger charge is -2.02. The molecule has 0 heterocycles. The molecular weight excluding hydrogens is 224 g/mol. The summed E-state index contributed by atoms with van der Waals surface area (Å²) in [5, 5.41) is 0. The van der Waals surface area contributed by atoms with Crippen molar-refractivity contribution in [2.75, 3.05) is 0 Å². The molecule has 0 rings (SSSR count). The molecule has 0 atom stereocenters. The van der Waals surface area contributed by atoms with Gasteiger partial charge in [-0.05, 0) is 0 Å². The molecule has 0 spiro atoms. The second kappa shape index (κ2) is 5.92. The fourth-order valence-electron chi connectivity index (χ4n) is 0.201. The maximum Gasteiger partial charge on any atom is 0.442 e. The molecule has 84 valence electrons. The van der Waals surface area contributed by atoms with Gasteiger partial charge in [0.1, 0.15) is 0 Å². The van der Waals surface area contributed by atoms with E-state index in [1.165, 1.54) is 11.0 Å². The summed E-state index contributed by atoms with van der Waals surface area (Å²) < 4.78 is 28.1. The maximum absolute atomic E-state index is 10.5. The van der Waals surface area contributed by atoms with Gasteiger partial charge in [-0.25, -0.2) is 9.59 Å². The smallest absolute Gasteiger partial charge is 0.412 e. The number of nitrogens with one attached hydrogen (secondary N) is 2. The fraction of sp³-hybridized carbons (Fsp3) is 0. The number of rotatable bonds is 4. The first-order chi connectivity index (χ1) is 5.83. The molecule has 0 aromatic rings. The standard InChI is InChI=1S/C2H6N4O6S.H2O/c3-1(7)5-11-13(9,10)12-6-2(4)8;/h(H3,3,5,7)(H3,4,6,8);1H2. The number of hydrogen-bond donors (Lipinski definition) is 4. The van der Waals surface area contributed by atoms with Gasteiger partial charge in [0.15, 0.2) is 0 Å². The minimum Gasteiger partial charge on any atom is -0.412 e. The Kier molecular flexibility index (Phi) is 6.29. The van der Waals surface area contributed by atoms with Gasteiger partial charge >= 0.3 is 22.5 Å². The minimum atomic E-state index is -4.60. The Hall–Kier alpha value is -1.63. The van der Waals surface area contributed by atoms with Crippen LogP contribution in [0.15, 0.2) is 0 Å². The molecule has 0 unspecified atom stereocenters. The molecule has 0 saturated carbocycles. The van der Waals surface area contributed by atoms with E-state index in [9.17, 15) is 18.0 Å². The topological polar surface area (TPSA) is 194 Å². The van der Waals surface area contributed by atoms with Gasteiger partial charge in [-0.15, -0.1) is 8.57 Å². The highest BCUT2D eigenvalue weighted by molar-refractivity contribution is 7.81. The van der Waals surface area contributed by atoms with Crippen LogP contribution in [0.5, 0.6) is 0 Å². The lowest BCUT2D eigenvalue weighted by atomic mass is 11.2. The minimum absolute atomic E-state index is 0. The van der Waals surface area contributed by atoms with E-state index in [1.54, 1.807) is 0 Å². The van der Waals surface area contributed by atoms with Crippen LogP contribution in [0.3, 0.4) is 0 Å². The van der Waals surface area contributed by atoms with Gasteiger partial charge in [0.2, 0.25) is 0 Å². The largest absolute Gasteiger partial charge is 0.442 e. The van der Waals surface area contributed by atoms with Crippen molar-refractivity contribution in [3.05, 3.63) is 0 Å². The average Bonchev–Trinajstić information content (AvgIpc) is 1.98. The maximum atomic E-state index is 10.5. The van der Waals surface area contributed by atoms with Crippen molar-refractivity contribution in [2.45, 2.75) is 0 Å². The van der Waals surface area contributed by atoms with Gasteiger partial charge in [0.05, 0.1) is 0 Å². The molecule has 0 aromatic carbocycles. The average molecular weight is 232 g/mol. The van der Waals surface area contributed by atoms with E-state index < -0.39 is 22.5 Å². The second-order valence-electron chi connectivity index (χ2n) is 1.51. The third kappa shape index (κ3) is 8.47. The van der Waals surface area contributed by atoms with Crippen LogP contribution in [-0.2, 0) is 19.0 Å². The molecule has 0 saturated heterocycles. The zero-order valence-corrected chi connectivity index (χ0v) is 7.33. The lowest BCUT2D eigenvalue weighted by molar-refractivity contribution is 0.127. The van der Waals surface area contributed by atoms with Crippen LogP contribution >= 0.6 is 0 Å².